The van der Waals surface area contributed by atoms with Gasteiger partial charge >= 0.3 is 5.69 Å². The van der Waals surface area contributed by atoms with E-state index in [4.69, 9.17) is 9.47 Å². The van der Waals surface area contributed by atoms with Crippen LogP contribution in [0.15, 0.2) is 36.4 Å². The molecule has 1 amide bonds. The molecule has 8 heteroatoms. The van der Waals surface area contributed by atoms with E-state index >= 15 is 0 Å². The summed E-state index contributed by atoms with van der Waals surface area (Å²) in [6.07, 6.45) is 0. The SMILES string of the molecule is COc1cccc(CN(C)CC(=O)Nc2cc(OC)c([N+](=O)[O-])cc2C)c1. The largest absolute Gasteiger partial charge is 0.497 e. The quantitative estimate of drug-likeness (QED) is 0.565. The summed E-state index contributed by atoms with van der Waals surface area (Å²) in [6, 6.07) is 10.5. The molecule has 8 nitrogen and oxygen atoms in total. The molecule has 0 aromatic heterocycles. The monoisotopic (exact) mass is 373 g/mol. The normalized spacial score (nSPS) is 10.6. The van der Waals surface area contributed by atoms with Gasteiger partial charge in [-0.15, -0.1) is 0 Å². The molecule has 0 aliphatic rings. The van der Waals surface area contributed by atoms with Crippen LogP contribution in [0.25, 0.3) is 0 Å². The van der Waals surface area contributed by atoms with Crippen LogP contribution in [0.4, 0.5) is 11.4 Å². The van der Waals surface area contributed by atoms with E-state index in [2.05, 4.69) is 5.32 Å². The fraction of sp³-hybridized carbons (Fsp3) is 0.316. The van der Waals surface area contributed by atoms with Gasteiger partial charge in [-0.1, -0.05) is 12.1 Å². The van der Waals surface area contributed by atoms with E-state index < -0.39 is 4.92 Å². The maximum absolute atomic E-state index is 12.4. The molecule has 1 N–H and O–H groups in total. The second kappa shape index (κ2) is 9.00. The third-order valence-electron chi connectivity index (χ3n) is 4.00. The Labute approximate surface area is 157 Å². The number of nitrogens with one attached hydrogen (secondary N) is 1. The molecule has 0 saturated carbocycles. The highest BCUT2D eigenvalue weighted by molar-refractivity contribution is 5.93. The molecular weight excluding hydrogens is 350 g/mol. The van der Waals surface area contributed by atoms with Crippen molar-refractivity contribution < 1.29 is 19.2 Å². The number of nitro groups is 1. The Morgan fingerprint density at radius 2 is 1.96 bits per heavy atom. The van der Waals surface area contributed by atoms with Crippen LogP contribution in [0.1, 0.15) is 11.1 Å². The number of aryl methyl sites for hydroxylation is 1. The molecule has 0 atom stereocenters. The van der Waals surface area contributed by atoms with Gasteiger partial charge in [0.25, 0.3) is 0 Å². The lowest BCUT2D eigenvalue weighted by Crippen LogP contribution is -2.30. The van der Waals surface area contributed by atoms with Crippen LogP contribution in [-0.4, -0.2) is 43.5 Å². The van der Waals surface area contributed by atoms with Gasteiger partial charge in [-0.25, -0.2) is 0 Å². The summed E-state index contributed by atoms with van der Waals surface area (Å²) in [5.41, 5.74) is 1.96. The van der Waals surface area contributed by atoms with Gasteiger partial charge in [0.15, 0.2) is 5.75 Å². The minimum Gasteiger partial charge on any atom is -0.497 e. The zero-order valence-corrected chi connectivity index (χ0v) is 15.8. The number of benzene rings is 2. The van der Waals surface area contributed by atoms with Crippen molar-refractivity contribution in [3.63, 3.8) is 0 Å². The van der Waals surface area contributed by atoms with E-state index in [9.17, 15) is 14.9 Å². The average Bonchev–Trinajstić information content (AvgIpc) is 2.62. The lowest BCUT2D eigenvalue weighted by atomic mass is 10.1. The number of hydrogen-bond donors (Lipinski definition) is 1. The Kier molecular flexibility index (Phi) is 6.73. The molecule has 2 aromatic rings. The summed E-state index contributed by atoms with van der Waals surface area (Å²) in [7, 11) is 4.80. The zero-order chi connectivity index (χ0) is 20.0. The molecule has 0 aliphatic heterocycles. The van der Waals surface area contributed by atoms with Gasteiger partial charge in [0.2, 0.25) is 5.91 Å². The fourth-order valence-corrected chi connectivity index (χ4v) is 2.69. The van der Waals surface area contributed by atoms with Gasteiger partial charge < -0.3 is 14.8 Å². The first-order valence-electron chi connectivity index (χ1n) is 8.28. The molecule has 0 saturated heterocycles. The van der Waals surface area contributed by atoms with Gasteiger partial charge in [0.05, 0.1) is 25.7 Å². The predicted molar refractivity (Wildman–Crippen MR) is 102 cm³/mol. The van der Waals surface area contributed by atoms with Gasteiger partial charge in [-0.2, -0.15) is 0 Å². The summed E-state index contributed by atoms with van der Waals surface area (Å²) in [5, 5.41) is 13.8. The van der Waals surface area contributed by atoms with Gasteiger partial charge in [-0.3, -0.25) is 19.8 Å². The van der Waals surface area contributed by atoms with Crippen LogP contribution in [0.5, 0.6) is 11.5 Å². The number of carbonyl (C=O) groups is 1. The number of nitro benzene ring substituents is 1. The molecule has 0 radical (unpaired) electrons. The van der Waals surface area contributed by atoms with Crippen molar-refractivity contribution >= 4 is 17.3 Å². The molecule has 144 valence electrons. The number of hydrogen-bond acceptors (Lipinski definition) is 6. The third-order valence-corrected chi connectivity index (χ3v) is 4.00. The van der Waals surface area contributed by atoms with Crippen molar-refractivity contribution in [3.8, 4) is 11.5 Å². The summed E-state index contributed by atoms with van der Waals surface area (Å²) in [4.78, 5) is 24.8. The van der Waals surface area contributed by atoms with E-state index in [0.717, 1.165) is 11.3 Å². The average molecular weight is 373 g/mol. The van der Waals surface area contributed by atoms with Crippen LogP contribution in [0.3, 0.4) is 0 Å². The Hall–Kier alpha value is -3.13. The Balaban J connectivity index is 2.03. The second-order valence-electron chi connectivity index (χ2n) is 6.17. The molecule has 0 bridgehead atoms. The molecule has 0 spiro atoms. The summed E-state index contributed by atoms with van der Waals surface area (Å²) >= 11 is 0. The number of amides is 1. The van der Waals surface area contributed by atoms with E-state index in [1.807, 2.05) is 36.2 Å². The third kappa shape index (κ3) is 5.42. The lowest BCUT2D eigenvalue weighted by Gasteiger charge is -2.17. The molecule has 0 heterocycles. The maximum atomic E-state index is 12.4. The van der Waals surface area contributed by atoms with E-state index in [1.54, 1.807) is 14.0 Å². The lowest BCUT2D eigenvalue weighted by molar-refractivity contribution is -0.385. The number of likely N-dealkylation sites (N-methyl/N-ethyl adjacent to an activating group) is 1. The number of carbonyl (C=O) groups excluding carboxylic acids is 1. The van der Waals surface area contributed by atoms with Crippen LogP contribution in [0.2, 0.25) is 0 Å². The van der Waals surface area contributed by atoms with Crippen LogP contribution < -0.4 is 14.8 Å². The highest BCUT2D eigenvalue weighted by atomic mass is 16.6. The Bertz CT molecular complexity index is 838. The highest BCUT2D eigenvalue weighted by Crippen LogP contribution is 2.32. The first-order valence-corrected chi connectivity index (χ1v) is 8.28. The van der Waals surface area contributed by atoms with Crippen molar-refractivity contribution in [1.82, 2.24) is 4.90 Å². The van der Waals surface area contributed by atoms with Gasteiger partial charge in [0, 0.05) is 24.4 Å². The van der Waals surface area contributed by atoms with E-state index in [1.165, 1.54) is 19.2 Å². The van der Waals surface area contributed by atoms with Crippen LogP contribution >= 0.6 is 0 Å². The van der Waals surface area contributed by atoms with Crippen molar-refractivity contribution in [2.24, 2.45) is 0 Å². The van der Waals surface area contributed by atoms with Crippen molar-refractivity contribution in [2.75, 3.05) is 33.1 Å². The summed E-state index contributed by atoms with van der Waals surface area (Å²) in [5.74, 6) is 0.643. The van der Waals surface area contributed by atoms with E-state index in [-0.39, 0.29) is 23.9 Å². The molecule has 0 unspecified atom stereocenters. The van der Waals surface area contributed by atoms with Crippen LogP contribution in [0, 0.1) is 17.0 Å². The molecule has 0 aliphatic carbocycles. The molecule has 2 rings (SSSR count). The number of rotatable bonds is 8. The summed E-state index contributed by atoms with van der Waals surface area (Å²) in [6.45, 7) is 2.44. The standard InChI is InChI=1S/C19H23N3O5/c1-13-8-17(22(24)25)18(27-4)10-16(13)20-19(23)12-21(2)11-14-6-5-7-15(9-14)26-3/h5-10H,11-12H2,1-4H3,(H,20,23). The summed E-state index contributed by atoms with van der Waals surface area (Å²) < 4.78 is 10.3. The fourth-order valence-electron chi connectivity index (χ4n) is 2.69. The van der Waals surface area contributed by atoms with Crippen molar-refractivity contribution in [1.29, 1.82) is 0 Å². The molecule has 2 aromatic carbocycles. The smallest absolute Gasteiger partial charge is 0.311 e. The minimum absolute atomic E-state index is 0.102. The Morgan fingerprint density at radius 1 is 1.22 bits per heavy atom. The van der Waals surface area contributed by atoms with Gasteiger partial charge in [0.1, 0.15) is 5.75 Å². The second-order valence-corrected chi connectivity index (χ2v) is 6.17. The molecule has 27 heavy (non-hydrogen) atoms. The van der Waals surface area contributed by atoms with Crippen LogP contribution in [-0.2, 0) is 11.3 Å². The number of nitrogens with zero attached hydrogens (tertiary/aromatic N) is 2. The highest BCUT2D eigenvalue weighted by Gasteiger charge is 2.18. The van der Waals surface area contributed by atoms with E-state index in [0.29, 0.717) is 17.8 Å². The number of anilines is 1. The number of methoxy groups -OCH3 is 2. The zero-order valence-electron chi connectivity index (χ0n) is 15.8. The Morgan fingerprint density at radius 3 is 2.59 bits per heavy atom. The van der Waals surface area contributed by atoms with Crippen molar-refractivity contribution in [3.05, 3.63) is 57.6 Å². The molecule has 0 fully saturated rings. The maximum Gasteiger partial charge on any atom is 0.311 e. The topological polar surface area (TPSA) is 93.9 Å². The number of ether oxygens (including phenoxy) is 2. The minimum atomic E-state index is -0.515. The molecular formula is C19H23N3O5. The van der Waals surface area contributed by atoms with Gasteiger partial charge in [-0.05, 0) is 37.2 Å². The first kappa shape index (κ1) is 20.2. The predicted octanol–water partition coefficient (Wildman–Crippen LogP) is 2.99. The first-order chi connectivity index (χ1) is 12.8. The van der Waals surface area contributed by atoms with Crippen molar-refractivity contribution in [2.45, 2.75) is 13.5 Å².